The van der Waals surface area contributed by atoms with Gasteiger partial charge in [-0.05, 0) is 24.3 Å². The number of aliphatic hydroxyl groups is 1. The van der Waals surface area contributed by atoms with E-state index >= 15 is 0 Å². The highest BCUT2D eigenvalue weighted by Gasteiger charge is 2.19. The largest absolute Gasteiger partial charge is 0.391 e. The van der Waals surface area contributed by atoms with Crippen LogP contribution in [0.3, 0.4) is 0 Å². The molecule has 0 spiro atoms. The van der Waals surface area contributed by atoms with Gasteiger partial charge in [0.1, 0.15) is 0 Å². The van der Waals surface area contributed by atoms with Crippen molar-refractivity contribution in [3.63, 3.8) is 0 Å². The van der Waals surface area contributed by atoms with Crippen LogP contribution in [-0.2, 0) is 0 Å². The van der Waals surface area contributed by atoms with Crippen LogP contribution in [0.1, 0.15) is 38.3 Å². The van der Waals surface area contributed by atoms with Gasteiger partial charge < -0.3 is 10.8 Å². The van der Waals surface area contributed by atoms with Crippen LogP contribution in [0.4, 0.5) is 5.69 Å². The Balaban J connectivity index is 2.73. The van der Waals surface area contributed by atoms with Crippen LogP contribution in [-0.4, -0.2) is 16.1 Å². The van der Waals surface area contributed by atoms with Gasteiger partial charge in [-0.1, -0.05) is 26.0 Å². The molecule has 2 atom stereocenters. The van der Waals surface area contributed by atoms with Gasteiger partial charge in [0.25, 0.3) is 5.69 Å². The number of rotatable bonds is 6. The molecule has 5 heteroatoms. The minimum atomic E-state index is -0.672. The Morgan fingerprint density at radius 3 is 2.61 bits per heavy atom. The third kappa shape index (κ3) is 4.09. The lowest BCUT2D eigenvalue weighted by atomic mass is 9.96. The van der Waals surface area contributed by atoms with Crippen molar-refractivity contribution in [2.75, 3.05) is 0 Å². The van der Waals surface area contributed by atoms with Crippen molar-refractivity contribution < 1.29 is 10.0 Å². The van der Waals surface area contributed by atoms with Crippen molar-refractivity contribution in [3.05, 3.63) is 39.9 Å². The van der Waals surface area contributed by atoms with Crippen molar-refractivity contribution in [1.29, 1.82) is 0 Å². The summed E-state index contributed by atoms with van der Waals surface area (Å²) in [5.74, 6) is 0.497. The topological polar surface area (TPSA) is 89.4 Å². The second-order valence-electron chi connectivity index (χ2n) is 4.92. The maximum Gasteiger partial charge on any atom is 0.269 e. The molecule has 0 aliphatic heterocycles. The first-order valence-corrected chi connectivity index (χ1v) is 6.09. The molecule has 0 saturated heterocycles. The third-order valence-electron chi connectivity index (χ3n) is 2.92. The number of non-ortho nitro benzene ring substituents is 1. The summed E-state index contributed by atoms with van der Waals surface area (Å²) in [6.45, 7) is 4.15. The van der Waals surface area contributed by atoms with Crippen molar-refractivity contribution in [3.8, 4) is 0 Å². The van der Waals surface area contributed by atoms with Gasteiger partial charge in [-0.15, -0.1) is 0 Å². The predicted octanol–water partition coefficient (Wildman–Crippen LogP) is 2.39. The molecular formula is C13H20N2O3. The molecule has 0 unspecified atom stereocenters. The minimum absolute atomic E-state index is 0.000917. The predicted molar refractivity (Wildman–Crippen MR) is 70.1 cm³/mol. The molecule has 0 bridgehead atoms. The van der Waals surface area contributed by atoms with E-state index in [9.17, 15) is 15.2 Å². The summed E-state index contributed by atoms with van der Waals surface area (Å²) in [7, 11) is 0. The van der Waals surface area contributed by atoms with Crippen molar-refractivity contribution in [2.24, 2.45) is 11.7 Å². The van der Waals surface area contributed by atoms with Crippen molar-refractivity contribution in [2.45, 2.75) is 38.8 Å². The van der Waals surface area contributed by atoms with Gasteiger partial charge >= 0.3 is 0 Å². The molecule has 1 aromatic carbocycles. The zero-order chi connectivity index (χ0) is 13.7. The number of hydrogen-bond donors (Lipinski definition) is 2. The average Bonchev–Trinajstić information content (AvgIpc) is 2.35. The van der Waals surface area contributed by atoms with Crippen LogP contribution in [0.15, 0.2) is 24.3 Å². The fourth-order valence-corrected chi connectivity index (χ4v) is 1.75. The highest BCUT2D eigenvalue weighted by molar-refractivity contribution is 5.36. The second-order valence-corrected chi connectivity index (χ2v) is 4.92. The van der Waals surface area contributed by atoms with E-state index in [-0.39, 0.29) is 5.69 Å². The number of aliphatic hydroxyl groups excluding tert-OH is 1. The van der Waals surface area contributed by atoms with Crippen LogP contribution in [0.25, 0.3) is 0 Å². The zero-order valence-corrected chi connectivity index (χ0v) is 10.7. The smallest absolute Gasteiger partial charge is 0.269 e. The van der Waals surface area contributed by atoms with Gasteiger partial charge in [0.2, 0.25) is 0 Å². The maximum absolute atomic E-state index is 10.7. The van der Waals surface area contributed by atoms with Gasteiger partial charge in [-0.25, -0.2) is 0 Å². The molecule has 1 rings (SSSR count). The summed E-state index contributed by atoms with van der Waals surface area (Å²) in [6.07, 6.45) is 0.806. The summed E-state index contributed by atoms with van der Waals surface area (Å²) < 4.78 is 0. The van der Waals surface area contributed by atoms with E-state index in [0.717, 1.165) is 6.42 Å². The van der Waals surface area contributed by atoms with Gasteiger partial charge in [-0.3, -0.25) is 10.1 Å². The van der Waals surface area contributed by atoms with E-state index in [1.165, 1.54) is 12.1 Å². The van der Waals surface area contributed by atoms with Crippen LogP contribution in [0, 0.1) is 16.0 Å². The lowest BCUT2D eigenvalue weighted by molar-refractivity contribution is -0.384. The Morgan fingerprint density at radius 1 is 1.39 bits per heavy atom. The van der Waals surface area contributed by atoms with Gasteiger partial charge in [0.05, 0.1) is 17.1 Å². The molecule has 0 heterocycles. The summed E-state index contributed by atoms with van der Waals surface area (Å²) >= 11 is 0. The molecule has 0 fully saturated rings. The third-order valence-corrected chi connectivity index (χ3v) is 2.92. The Morgan fingerprint density at radius 2 is 2.06 bits per heavy atom. The van der Waals surface area contributed by atoms with Crippen molar-refractivity contribution >= 4 is 5.69 Å². The van der Waals surface area contributed by atoms with Gasteiger partial charge in [-0.2, -0.15) is 0 Å². The fourth-order valence-electron chi connectivity index (χ4n) is 1.75. The van der Waals surface area contributed by atoms with Gasteiger partial charge in [0.15, 0.2) is 0 Å². The zero-order valence-electron chi connectivity index (χ0n) is 10.7. The number of hydrogen-bond acceptors (Lipinski definition) is 4. The first-order valence-electron chi connectivity index (χ1n) is 6.09. The van der Waals surface area contributed by atoms with Crippen LogP contribution < -0.4 is 5.73 Å². The second kappa shape index (κ2) is 6.47. The summed E-state index contributed by atoms with van der Waals surface area (Å²) in [6, 6.07) is 5.54. The Bertz CT molecular complexity index is 407. The SMILES string of the molecule is CC(C)CC[C@@H](O)[C@@H](N)c1cccc([N+](=O)[O-])c1. The normalized spacial score (nSPS) is 14.5. The molecule has 100 valence electrons. The number of nitrogens with two attached hydrogens (primary N) is 1. The van der Waals surface area contributed by atoms with E-state index < -0.39 is 17.1 Å². The molecule has 5 nitrogen and oxygen atoms in total. The molecule has 18 heavy (non-hydrogen) atoms. The quantitative estimate of drug-likeness (QED) is 0.601. The highest BCUT2D eigenvalue weighted by Crippen LogP contribution is 2.22. The summed E-state index contributed by atoms with van der Waals surface area (Å²) in [4.78, 5) is 10.2. The Kier molecular flexibility index (Phi) is 5.25. The molecule has 0 aromatic heterocycles. The average molecular weight is 252 g/mol. The Labute approximate surface area is 107 Å². The van der Waals surface area contributed by atoms with Gasteiger partial charge in [0, 0.05) is 12.1 Å². The van der Waals surface area contributed by atoms with E-state index in [1.807, 2.05) is 0 Å². The van der Waals surface area contributed by atoms with Crippen LogP contribution in [0.5, 0.6) is 0 Å². The molecule has 0 aliphatic carbocycles. The molecule has 0 radical (unpaired) electrons. The lowest BCUT2D eigenvalue weighted by Crippen LogP contribution is -2.26. The van der Waals surface area contributed by atoms with E-state index in [2.05, 4.69) is 13.8 Å². The number of benzene rings is 1. The number of nitro groups is 1. The minimum Gasteiger partial charge on any atom is -0.391 e. The van der Waals surface area contributed by atoms with Crippen LogP contribution >= 0.6 is 0 Å². The first-order chi connectivity index (χ1) is 8.41. The monoisotopic (exact) mass is 252 g/mol. The Hall–Kier alpha value is -1.46. The van der Waals surface area contributed by atoms with Crippen molar-refractivity contribution in [1.82, 2.24) is 0 Å². The fraction of sp³-hybridized carbons (Fsp3) is 0.538. The number of nitro benzene ring substituents is 1. The highest BCUT2D eigenvalue weighted by atomic mass is 16.6. The molecular weight excluding hydrogens is 232 g/mol. The molecule has 3 N–H and O–H groups in total. The molecule has 1 aromatic rings. The lowest BCUT2D eigenvalue weighted by Gasteiger charge is -2.19. The standard InChI is InChI=1S/C13H20N2O3/c1-9(2)6-7-12(16)13(14)10-4-3-5-11(8-10)15(17)18/h3-5,8-9,12-13,16H,6-7,14H2,1-2H3/t12-,13+/m1/s1. The number of nitrogens with zero attached hydrogens (tertiary/aromatic N) is 1. The van der Waals surface area contributed by atoms with Crippen LogP contribution in [0.2, 0.25) is 0 Å². The van der Waals surface area contributed by atoms with E-state index in [0.29, 0.717) is 17.9 Å². The molecule has 0 saturated carbocycles. The summed E-state index contributed by atoms with van der Waals surface area (Å²) in [5, 5.41) is 20.6. The maximum atomic E-state index is 10.7. The molecule has 0 amide bonds. The van der Waals surface area contributed by atoms with E-state index in [4.69, 9.17) is 5.73 Å². The first kappa shape index (κ1) is 14.6. The summed E-state index contributed by atoms with van der Waals surface area (Å²) in [5.41, 5.74) is 6.52. The molecule has 0 aliphatic rings. The van der Waals surface area contributed by atoms with E-state index in [1.54, 1.807) is 12.1 Å².